The lowest BCUT2D eigenvalue weighted by atomic mass is 10.4. The summed E-state index contributed by atoms with van der Waals surface area (Å²) in [6.07, 6.45) is 0. The molecule has 1 N–H and O–H groups in total. The average molecular weight is 259 g/mol. The average Bonchev–Trinajstić information content (AvgIpc) is 2.85. The lowest BCUT2D eigenvalue weighted by Crippen LogP contribution is -2.20. The molecule has 5 heteroatoms. The van der Waals surface area contributed by atoms with Crippen LogP contribution in [0.5, 0.6) is 0 Å². The third kappa shape index (κ3) is 8.29. The minimum Gasteiger partial charge on any atom is -0.382 e. The van der Waals surface area contributed by atoms with Crippen molar-refractivity contribution >= 4 is 11.3 Å². The van der Waals surface area contributed by atoms with Crippen LogP contribution in [0.4, 0.5) is 0 Å². The molecule has 1 aromatic rings. The van der Waals surface area contributed by atoms with Crippen LogP contribution >= 0.6 is 11.3 Å². The minimum absolute atomic E-state index is 0.633. The highest BCUT2D eigenvalue weighted by Gasteiger charge is 1.93. The predicted octanol–water partition coefficient (Wildman–Crippen LogP) is 1.52. The Balaban J connectivity index is 1.76. The van der Waals surface area contributed by atoms with Crippen LogP contribution in [-0.4, -0.2) is 46.7 Å². The van der Waals surface area contributed by atoms with E-state index in [2.05, 4.69) is 22.8 Å². The Kier molecular flexibility index (Phi) is 9.17. The maximum Gasteiger partial charge on any atom is 0.0701 e. The first-order valence-corrected chi connectivity index (χ1v) is 6.69. The zero-order chi connectivity index (χ0) is 12.2. The molecule has 0 fully saturated rings. The minimum atomic E-state index is 0.633. The van der Waals surface area contributed by atoms with Gasteiger partial charge < -0.3 is 19.5 Å². The Morgan fingerprint density at radius 1 is 1.12 bits per heavy atom. The van der Waals surface area contributed by atoms with E-state index in [1.807, 2.05) is 0 Å². The second-order valence-corrected chi connectivity index (χ2v) is 4.51. The second kappa shape index (κ2) is 10.7. The molecule has 1 rings (SSSR count). The fourth-order valence-corrected chi connectivity index (χ4v) is 1.91. The molecule has 98 valence electrons. The number of thiophene rings is 1. The molecule has 0 aromatic carbocycles. The number of ether oxygens (including phenoxy) is 3. The maximum atomic E-state index is 5.41. The Labute approximate surface area is 107 Å². The summed E-state index contributed by atoms with van der Waals surface area (Å²) in [4.78, 5) is 1.35. The monoisotopic (exact) mass is 259 g/mol. The quantitative estimate of drug-likeness (QED) is 0.612. The lowest BCUT2D eigenvalue weighted by Gasteiger charge is -2.06. The predicted molar refractivity (Wildman–Crippen MR) is 69.5 cm³/mol. The van der Waals surface area contributed by atoms with E-state index in [1.165, 1.54) is 4.88 Å². The summed E-state index contributed by atoms with van der Waals surface area (Å²) < 4.78 is 15.5. The van der Waals surface area contributed by atoms with E-state index < -0.39 is 0 Å². The molecule has 0 amide bonds. The van der Waals surface area contributed by atoms with Crippen molar-refractivity contribution in [1.29, 1.82) is 0 Å². The zero-order valence-corrected chi connectivity index (χ0v) is 11.1. The van der Waals surface area contributed by atoms with Crippen molar-refractivity contribution in [2.24, 2.45) is 0 Å². The highest BCUT2D eigenvalue weighted by atomic mass is 32.1. The third-order valence-corrected chi connectivity index (χ3v) is 2.98. The first kappa shape index (κ1) is 14.6. The fraction of sp³-hybridized carbons (Fsp3) is 0.667. The van der Waals surface area contributed by atoms with E-state index in [0.29, 0.717) is 26.4 Å². The summed E-state index contributed by atoms with van der Waals surface area (Å²) in [6.45, 7) is 5.07. The molecule has 1 heterocycles. The van der Waals surface area contributed by atoms with Gasteiger partial charge in [-0.3, -0.25) is 0 Å². The molecule has 0 spiro atoms. The first-order valence-electron chi connectivity index (χ1n) is 5.81. The van der Waals surface area contributed by atoms with Gasteiger partial charge in [0.05, 0.1) is 33.0 Å². The van der Waals surface area contributed by atoms with Gasteiger partial charge in [0.25, 0.3) is 0 Å². The maximum absolute atomic E-state index is 5.41. The Bertz CT molecular complexity index is 254. The van der Waals surface area contributed by atoms with E-state index in [9.17, 15) is 0 Å². The van der Waals surface area contributed by atoms with Crippen molar-refractivity contribution in [2.45, 2.75) is 6.54 Å². The summed E-state index contributed by atoms with van der Waals surface area (Å²) in [5.41, 5.74) is 0. The van der Waals surface area contributed by atoms with E-state index >= 15 is 0 Å². The molecule has 0 saturated heterocycles. The summed E-state index contributed by atoms with van der Waals surface area (Å²) >= 11 is 1.77. The topological polar surface area (TPSA) is 39.7 Å². The standard InChI is InChI=1S/C12H21NO3S/c1-14-6-7-16-9-8-15-5-4-13-11-12-3-2-10-17-12/h2-3,10,13H,4-9,11H2,1H3. The first-order chi connectivity index (χ1) is 8.43. The van der Waals surface area contributed by atoms with Crippen LogP contribution in [0.2, 0.25) is 0 Å². The normalized spacial score (nSPS) is 10.9. The molecule has 0 saturated carbocycles. The molecular weight excluding hydrogens is 238 g/mol. The van der Waals surface area contributed by atoms with Gasteiger partial charge in [0.2, 0.25) is 0 Å². The highest BCUT2D eigenvalue weighted by molar-refractivity contribution is 7.09. The van der Waals surface area contributed by atoms with Crippen molar-refractivity contribution in [3.8, 4) is 0 Å². The van der Waals surface area contributed by atoms with E-state index in [-0.39, 0.29) is 0 Å². The van der Waals surface area contributed by atoms with Gasteiger partial charge in [-0.1, -0.05) is 6.07 Å². The van der Waals surface area contributed by atoms with Crippen LogP contribution in [0.25, 0.3) is 0 Å². The van der Waals surface area contributed by atoms with Crippen LogP contribution in [0.15, 0.2) is 17.5 Å². The molecular formula is C12H21NO3S. The second-order valence-electron chi connectivity index (χ2n) is 3.47. The van der Waals surface area contributed by atoms with Crippen molar-refractivity contribution in [1.82, 2.24) is 5.32 Å². The van der Waals surface area contributed by atoms with E-state index in [1.54, 1.807) is 18.4 Å². The Hall–Kier alpha value is -0.460. The molecule has 0 aliphatic carbocycles. The molecule has 1 aromatic heterocycles. The van der Waals surface area contributed by atoms with Gasteiger partial charge in [-0.05, 0) is 11.4 Å². The number of methoxy groups -OCH3 is 1. The SMILES string of the molecule is COCCOCCOCCNCc1cccs1. The highest BCUT2D eigenvalue weighted by Crippen LogP contribution is 2.06. The van der Waals surface area contributed by atoms with Crippen molar-refractivity contribution < 1.29 is 14.2 Å². The molecule has 17 heavy (non-hydrogen) atoms. The molecule has 0 bridgehead atoms. The largest absolute Gasteiger partial charge is 0.382 e. The summed E-state index contributed by atoms with van der Waals surface area (Å²) in [5.74, 6) is 0. The number of hydrogen-bond acceptors (Lipinski definition) is 5. The van der Waals surface area contributed by atoms with Gasteiger partial charge >= 0.3 is 0 Å². The summed E-state index contributed by atoms with van der Waals surface area (Å²) in [6, 6.07) is 4.19. The van der Waals surface area contributed by atoms with Crippen molar-refractivity contribution in [3.63, 3.8) is 0 Å². The lowest BCUT2D eigenvalue weighted by molar-refractivity contribution is 0.0255. The van der Waals surface area contributed by atoms with Crippen LogP contribution in [0.1, 0.15) is 4.88 Å². The van der Waals surface area contributed by atoms with Gasteiger partial charge in [0, 0.05) is 25.1 Å². The van der Waals surface area contributed by atoms with Gasteiger partial charge in [0.1, 0.15) is 0 Å². The van der Waals surface area contributed by atoms with Crippen molar-refractivity contribution in [2.75, 3.05) is 46.7 Å². The smallest absolute Gasteiger partial charge is 0.0701 e. The molecule has 0 unspecified atom stereocenters. The van der Waals surface area contributed by atoms with Crippen LogP contribution in [-0.2, 0) is 20.8 Å². The molecule has 4 nitrogen and oxygen atoms in total. The number of nitrogens with one attached hydrogen (secondary N) is 1. The van der Waals surface area contributed by atoms with Crippen LogP contribution < -0.4 is 5.32 Å². The van der Waals surface area contributed by atoms with Crippen LogP contribution in [0.3, 0.4) is 0 Å². The fourth-order valence-electron chi connectivity index (χ4n) is 1.23. The zero-order valence-electron chi connectivity index (χ0n) is 10.3. The van der Waals surface area contributed by atoms with Gasteiger partial charge in [-0.25, -0.2) is 0 Å². The summed E-state index contributed by atoms with van der Waals surface area (Å²) in [7, 11) is 1.67. The van der Waals surface area contributed by atoms with E-state index in [0.717, 1.165) is 19.7 Å². The van der Waals surface area contributed by atoms with Crippen LogP contribution in [0, 0.1) is 0 Å². The van der Waals surface area contributed by atoms with Gasteiger partial charge in [-0.15, -0.1) is 11.3 Å². The molecule has 0 aliphatic rings. The molecule has 0 radical (unpaired) electrons. The Morgan fingerprint density at radius 3 is 2.59 bits per heavy atom. The van der Waals surface area contributed by atoms with E-state index in [4.69, 9.17) is 14.2 Å². The number of hydrogen-bond donors (Lipinski definition) is 1. The third-order valence-electron chi connectivity index (χ3n) is 2.11. The van der Waals surface area contributed by atoms with Gasteiger partial charge in [-0.2, -0.15) is 0 Å². The molecule has 0 atom stereocenters. The van der Waals surface area contributed by atoms with Gasteiger partial charge in [0.15, 0.2) is 0 Å². The molecule has 0 aliphatic heterocycles. The summed E-state index contributed by atoms with van der Waals surface area (Å²) in [5, 5.41) is 5.41. The Morgan fingerprint density at radius 2 is 1.88 bits per heavy atom. The number of rotatable bonds is 11. The van der Waals surface area contributed by atoms with Crippen molar-refractivity contribution in [3.05, 3.63) is 22.4 Å².